The van der Waals surface area contributed by atoms with Gasteiger partial charge in [-0.05, 0) is 54.1 Å². The number of carbonyl (C=O) groups is 1. The largest absolute Gasteiger partial charge is 0.497 e. The maximum Gasteiger partial charge on any atom is 0.266 e. The molecule has 32 heavy (non-hydrogen) atoms. The van der Waals surface area contributed by atoms with Crippen molar-refractivity contribution in [1.29, 1.82) is 5.26 Å². The number of ether oxygens (including phenoxy) is 1. The van der Waals surface area contributed by atoms with Crippen LogP contribution in [0.15, 0.2) is 89.0 Å². The molecular weight excluding hydrogens is 466 g/mol. The molecule has 0 unspecified atom stereocenters. The van der Waals surface area contributed by atoms with Crippen molar-refractivity contribution in [2.45, 2.75) is 6.54 Å². The van der Waals surface area contributed by atoms with Crippen molar-refractivity contribution < 1.29 is 9.53 Å². The molecule has 4 aromatic rings. The summed E-state index contributed by atoms with van der Waals surface area (Å²) >= 11 is 3.46. The Morgan fingerprint density at radius 3 is 2.50 bits per heavy atom. The number of nitriles is 1. The lowest BCUT2D eigenvalue weighted by Crippen LogP contribution is -2.13. The molecule has 0 bridgehead atoms. The lowest BCUT2D eigenvalue weighted by Gasteiger charge is -2.05. The quantitative estimate of drug-likeness (QED) is 0.268. The number of para-hydroxylation sites is 1. The topological polar surface area (TPSA) is 67.0 Å². The van der Waals surface area contributed by atoms with Crippen LogP contribution in [0.2, 0.25) is 0 Å². The number of benzene rings is 3. The minimum atomic E-state index is -0.456. The van der Waals surface area contributed by atoms with E-state index >= 15 is 0 Å². The Morgan fingerprint density at radius 2 is 1.81 bits per heavy atom. The fraction of sp³-hybridized carbons (Fsp3) is 0.0769. The highest BCUT2D eigenvalue weighted by molar-refractivity contribution is 9.10. The summed E-state index contributed by atoms with van der Waals surface area (Å²) in [5.41, 5.74) is 3.64. The molecule has 0 saturated heterocycles. The SMILES string of the molecule is COc1ccc(NC(=O)/C(C#N)=C/c2cn(Cc3ccc(Br)cc3)c3ccccc23)cc1. The van der Waals surface area contributed by atoms with E-state index in [1.807, 2.05) is 48.7 Å². The highest BCUT2D eigenvalue weighted by Gasteiger charge is 2.13. The summed E-state index contributed by atoms with van der Waals surface area (Å²) in [5, 5.41) is 13.4. The van der Waals surface area contributed by atoms with E-state index in [0.717, 1.165) is 26.5 Å². The van der Waals surface area contributed by atoms with Crippen LogP contribution in [0, 0.1) is 11.3 Å². The van der Waals surface area contributed by atoms with Gasteiger partial charge in [-0.15, -0.1) is 0 Å². The van der Waals surface area contributed by atoms with Gasteiger partial charge in [0.2, 0.25) is 0 Å². The summed E-state index contributed by atoms with van der Waals surface area (Å²) in [6, 6.07) is 25.1. The van der Waals surface area contributed by atoms with E-state index in [1.54, 1.807) is 37.5 Å². The molecule has 4 rings (SSSR count). The zero-order valence-electron chi connectivity index (χ0n) is 17.4. The van der Waals surface area contributed by atoms with Gasteiger partial charge in [-0.2, -0.15) is 5.26 Å². The molecule has 5 nitrogen and oxygen atoms in total. The maximum atomic E-state index is 12.7. The zero-order valence-corrected chi connectivity index (χ0v) is 19.0. The molecule has 0 fully saturated rings. The molecular formula is C26H20BrN3O2. The minimum absolute atomic E-state index is 0.0346. The lowest BCUT2D eigenvalue weighted by atomic mass is 10.1. The summed E-state index contributed by atoms with van der Waals surface area (Å²) < 4.78 is 8.29. The van der Waals surface area contributed by atoms with Crippen LogP contribution < -0.4 is 10.1 Å². The van der Waals surface area contributed by atoms with E-state index in [-0.39, 0.29) is 5.57 Å². The molecule has 0 radical (unpaired) electrons. The number of carbonyl (C=O) groups excluding carboxylic acids is 1. The Balaban J connectivity index is 1.64. The predicted octanol–water partition coefficient (Wildman–Crippen LogP) is 6.01. The molecule has 3 aromatic carbocycles. The van der Waals surface area contributed by atoms with E-state index in [0.29, 0.717) is 18.0 Å². The van der Waals surface area contributed by atoms with Gasteiger partial charge in [0.1, 0.15) is 17.4 Å². The second kappa shape index (κ2) is 9.54. The first-order valence-electron chi connectivity index (χ1n) is 9.97. The number of anilines is 1. The van der Waals surface area contributed by atoms with Crippen molar-refractivity contribution in [3.63, 3.8) is 0 Å². The minimum Gasteiger partial charge on any atom is -0.497 e. The van der Waals surface area contributed by atoms with E-state index in [1.165, 1.54) is 0 Å². The molecule has 1 amide bonds. The molecule has 0 spiro atoms. The van der Waals surface area contributed by atoms with E-state index < -0.39 is 5.91 Å². The van der Waals surface area contributed by atoms with Crippen LogP contribution >= 0.6 is 15.9 Å². The first kappa shape index (κ1) is 21.4. The van der Waals surface area contributed by atoms with Crippen molar-refractivity contribution in [3.05, 3.63) is 100 Å². The number of rotatable bonds is 6. The van der Waals surface area contributed by atoms with Crippen LogP contribution in [-0.4, -0.2) is 17.6 Å². The number of nitrogens with one attached hydrogen (secondary N) is 1. The first-order chi connectivity index (χ1) is 15.6. The monoisotopic (exact) mass is 485 g/mol. The van der Waals surface area contributed by atoms with Gasteiger partial charge in [0, 0.05) is 39.4 Å². The molecule has 158 valence electrons. The molecule has 0 aliphatic carbocycles. The highest BCUT2D eigenvalue weighted by Crippen LogP contribution is 2.25. The van der Waals surface area contributed by atoms with Gasteiger partial charge in [0.25, 0.3) is 5.91 Å². The van der Waals surface area contributed by atoms with Crippen molar-refractivity contribution in [3.8, 4) is 11.8 Å². The standard InChI is InChI=1S/C26H20BrN3O2/c1-32-23-12-10-22(11-13-23)29-26(31)19(15-28)14-20-17-30(25-5-3-2-4-24(20)25)16-18-6-8-21(27)9-7-18/h2-14,17H,16H2,1H3,(H,29,31)/b19-14+. The summed E-state index contributed by atoms with van der Waals surface area (Å²) in [6.45, 7) is 0.682. The third-order valence-electron chi connectivity index (χ3n) is 5.10. The molecule has 0 saturated carbocycles. The number of aromatic nitrogens is 1. The number of nitrogens with zero attached hydrogens (tertiary/aromatic N) is 2. The van der Waals surface area contributed by atoms with Crippen LogP contribution in [-0.2, 0) is 11.3 Å². The van der Waals surface area contributed by atoms with E-state index in [9.17, 15) is 10.1 Å². The van der Waals surface area contributed by atoms with E-state index in [4.69, 9.17) is 4.74 Å². The first-order valence-corrected chi connectivity index (χ1v) is 10.8. The van der Waals surface area contributed by atoms with Crippen molar-refractivity contribution in [2.75, 3.05) is 12.4 Å². The van der Waals surface area contributed by atoms with Crippen LogP contribution in [0.4, 0.5) is 5.69 Å². The van der Waals surface area contributed by atoms with Gasteiger partial charge >= 0.3 is 0 Å². The molecule has 0 aliphatic heterocycles. The Bertz CT molecular complexity index is 1330. The fourth-order valence-corrected chi connectivity index (χ4v) is 3.75. The number of hydrogen-bond donors (Lipinski definition) is 1. The van der Waals surface area contributed by atoms with Gasteiger partial charge < -0.3 is 14.6 Å². The Hall–Kier alpha value is -3.82. The molecule has 1 N–H and O–H groups in total. The smallest absolute Gasteiger partial charge is 0.266 e. The summed E-state index contributed by atoms with van der Waals surface area (Å²) in [5.74, 6) is 0.236. The zero-order chi connectivity index (χ0) is 22.5. The van der Waals surface area contributed by atoms with Crippen molar-refractivity contribution in [1.82, 2.24) is 4.57 Å². The second-order valence-electron chi connectivity index (χ2n) is 7.21. The maximum absolute atomic E-state index is 12.7. The lowest BCUT2D eigenvalue weighted by molar-refractivity contribution is -0.112. The van der Waals surface area contributed by atoms with Gasteiger partial charge in [-0.1, -0.05) is 46.3 Å². The highest BCUT2D eigenvalue weighted by atomic mass is 79.9. The summed E-state index contributed by atoms with van der Waals surface area (Å²) in [4.78, 5) is 12.7. The molecule has 0 atom stereocenters. The Kier molecular flexibility index (Phi) is 6.39. The van der Waals surface area contributed by atoms with Gasteiger partial charge in [0.05, 0.1) is 7.11 Å². The average molecular weight is 486 g/mol. The predicted molar refractivity (Wildman–Crippen MR) is 130 cm³/mol. The van der Waals surface area contributed by atoms with Gasteiger partial charge in [0.15, 0.2) is 0 Å². The van der Waals surface area contributed by atoms with Gasteiger partial charge in [-0.25, -0.2) is 0 Å². The third-order valence-corrected chi connectivity index (χ3v) is 5.63. The number of amides is 1. The molecule has 6 heteroatoms. The number of hydrogen-bond acceptors (Lipinski definition) is 3. The number of methoxy groups -OCH3 is 1. The summed E-state index contributed by atoms with van der Waals surface area (Å²) in [7, 11) is 1.58. The van der Waals surface area contributed by atoms with Crippen LogP contribution in [0.25, 0.3) is 17.0 Å². The molecule has 1 heterocycles. The molecule has 0 aliphatic rings. The fourth-order valence-electron chi connectivity index (χ4n) is 3.48. The van der Waals surface area contributed by atoms with Crippen molar-refractivity contribution in [2.24, 2.45) is 0 Å². The van der Waals surface area contributed by atoms with Crippen LogP contribution in [0.5, 0.6) is 5.75 Å². The van der Waals surface area contributed by atoms with E-state index in [2.05, 4.69) is 37.9 Å². The second-order valence-corrected chi connectivity index (χ2v) is 8.12. The summed E-state index contributed by atoms with van der Waals surface area (Å²) in [6.07, 6.45) is 3.62. The number of fused-ring (bicyclic) bond motifs is 1. The average Bonchev–Trinajstić information content (AvgIpc) is 3.16. The van der Waals surface area contributed by atoms with Crippen LogP contribution in [0.1, 0.15) is 11.1 Å². The Morgan fingerprint density at radius 1 is 1.09 bits per heavy atom. The molecule has 1 aromatic heterocycles. The van der Waals surface area contributed by atoms with Crippen molar-refractivity contribution >= 4 is 44.5 Å². The Labute approximate surface area is 194 Å². The van der Waals surface area contributed by atoms with Crippen LogP contribution in [0.3, 0.4) is 0 Å². The third kappa shape index (κ3) is 4.74. The van der Waals surface area contributed by atoms with Gasteiger partial charge in [-0.3, -0.25) is 4.79 Å². The number of halogens is 1. The normalized spacial score (nSPS) is 11.2.